The number of hydrogen-bond acceptors (Lipinski definition) is 3. The maximum atomic E-state index is 13.1. The van der Waals surface area contributed by atoms with Crippen molar-refractivity contribution < 1.29 is 30.8 Å². The van der Waals surface area contributed by atoms with Crippen LogP contribution < -0.4 is 4.90 Å². The first-order valence-corrected chi connectivity index (χ1v) is 7.88. The molecular formula is C18H13F6N3O. The van der Waals surface area contributed by atoms with E-state index in [1.165, 1.54) is 12.1 Å². The van der Waals surface area contributed by atoms with Gasteiger partial charge in [-0.05, 0) is 24.3 Å². The van der Waals surface area contributed by atoms with Crippen LogP contribution in [-0.2, 0) is 19.1 Å². The Morgan fingerprint density at radius 2 is 1.75 bits per heavy atom. The molecule has 0 spiro atoms. The van der Waals surface area contributed by atoms with E-state index in [-0.39, 0.29) is 24.3 Å². The molecule has 0 aliphatic heterocycles. The van der Waals surface area contributed by atoms with Crippen LogP contribution in [0, 0.1) is 17.9 Å². The van der Waals surface area contributed by atoms with E-state index in [1.807, 2.05) is 6.07 Å². The quantitative estimate of drug-likeness (QED) is 0.449. The van der Waals surface area contributed by atoms with Crippen molar-refractivity contribution in [1.29, 1.82) is 5.26 Å². The molecule has 0 amide bonds. The second-order valence-corrected chi connectivity index (χ2v) is 5.81. The Labute approximate surface area is 156 Å². The van der Waals surface area contributed by atoms with Gasteiger partial charge in [0.25, 0.3) is 0 Å². The third-order valence-corrected chi connectivity index (χ3v) is 3.69. The van der Waals surface area contributed by atoms with Crippen LogP contribution >= 0.6 is 0 Å². The van der Waals surface area contributed by atoms with Crippen LogP contribution in [0.5, 0.6) is 0 Å². The molecule has 0 unspecified atom stereocenters. The fraction of sp³-hybridized carbons (Fsp3) is 0.333. The molecule has 1 heterocycles. The van der Waals surface area contributed by atoms with Gasteiger partial charge >= 0.3 is 12.4 Å². The minimum Gasteiger partial charge on any atom is -0.464 e. The Morgan fingerprint density at radius 1 is 1.07 bits per heavy atom. The number of alkyl halides is 6. The predicted octanol–water partition coefficient (Wildman–Crippen LogP) is 5.87. The lowest BCUT2D eigenvalue weighted by atomic mass is 10.1. The lowest BCUT2D eigenvalue weighted by Gasteiger charge is -2.26. The molecule has 148 valence electrons. The van der Waals surface area contributed by atoms with Crippen molar-refractivity contribution in [2.24, 2.45) is 0 Å². The van der Waals surface area contributed by atoms with E-state index in [4.69, 9.17) is 16.3 Å². The number of anilines is 1. The molecule has 4 nitrogen and oxygen atoms in total. The van der Waals surface area contributed by atoms with E-state index < -0.39 is 36.7 Å². The van der Waals surface area contributed by atoms with Gasteiger partial charge in [0, 0.05) is 18.5 Å². The van der Waals surface area contributed by atoms with Crippen molar-refractivity contribution in [3.63, 3.8) is 0 Å². The van der Waals surface area contributed by atoms with Crippen LogP contribution in [0.4, 0.5) is 37.7 Å². The molecule has 1 aromatic heterocycles. The molecule has 0 radical (unpaired) electrons. The predicted molar refractivity (Wildman–Crippen MR) is 87.5 cm³/mol. The summed E-state index contributed by atoms with van der Waals surface area (Å²) in [6.45, 7) is 4.88. The van der Waals surface area contributed by atoms with Gasteiger partial charge in [-0.2, -0.15) is 31.6 Å². The maximum absolute atomic E-state index is 13.1. The molecule has 0 saturated heterocycles. The van der Waals surface area contributed by atoms with Crippen molar-refractivity contribution in [3.8, 4) is 6.07 Å². The first kappa shape index (κ1) is 21.2. The Kier molecular flexibility index (Phi) is 6.24. The van der Waals surface area contributed by atoms with E-state index >= 15 is 0 Å². The summed E-state index contributed by atoms with van der Waals surface area (Å²) < 4.78 is 83.7. The SMILES string of the molecule is [C-]#[N+]c1ccc(N(Cc2ccc(CCC#N)o2)CC(F)(F)F)cc1C(F)(F)F. The number of rotatable bonds is 6. The summed E-state index contributed by atoms with van der Waals surface area (Å²) in [7, 11) is 0. The number of halogens is 6. The Balaban J connectivity index is 2.37. The van der Waals surface area contributed by atoms with Gasteiger partial charge in [0.2, 0.25) is 0 Å². The van der Waals surface area contributed by atoms with Crippen molar-refractivity contribution in [2.75, 3.05) is 11.4 Å². The fourth-order valence-electron chi connectivity index (χ4n) is 2.51. The molecule has 0 saturated carbocycles. The van der Waals surface area contributed by atoms with Crippen molar-refractivity contribution in [3.05, 3.63) is 58.8 Å². The highest BCUT2D eigenvalue weighted by Crippen LogP contribution is 2.39. The highest BCUT2D eigenvalue weighted by molar-refractivity contribution is 5.62. The normalized spacial score (nSPS) is 11.7. The third kappa shape index (κ3) is 5.68. The van der Waals surface area contributed by atoms with Crippen LogP contribution in [0.3, 0.4) is 0 Å². The molecule has 0 atom stereocenters. The van der Waals surface area contributed by atoms with Crippen LogP contribution in [-0.4, -0.2) is 12.7 Å². The van der Waals surface area contributed by atoms with E-state index in [2.05, 4.69) is 4.85 Å². The zero-order valence-corrected chi connectivity index (χ0v) is 14.2. The average Bonchev–Trinajstić information content (AvgIpc) is 3.04. The summed E-state index contributed by atoms with van der Waals surface area (Å²) in [4.78, 5) is 3.46. The zero-order valence-electron chi connectivity index (χ0n) is 14.2. The number of aryl methyl sites for hydroxylation is 1. The van der Waals surface area contributed by atoms with Gasteiger partial charge in [0.15, 0.2) is 5.69 Å². The van der Waals surface area contributed by atoms with Gasteiger partial charge in [-0.25, -0.2) is 4.85 Å². The molecule has 10 heteroatoms. The number of nitrogens with zero attached hydrogens (tertiary/aromatic N) is 3. The van der Waals surface area contributed by atoms with Gasteiger partial charge in [-0.1, -0.05) is 6.07 Å². The van der Waals surface area contributed by atoms with Crippen molar-refractivity contribution >= 4 is 11.4 Å². The number of nitriles is 1. The number of hydrogen-bond donors (Lipinski definition) is 0. The van der Waals surface area contributed by atoms with Crippen LogP contribution in [0.15, 0.2) is 34.7 Å². The van der Waals surface area contributed by atoms with Crippen molar-refractivity contribution in [2.45, 2.75) is 31.7 Å². The second-order valence-electron chi connectivity index (χ2n) is 5.81. The lowest BCUT2D eigenvalue weighted by Crippen LogP contribution is -2.33. The van der Waals surface area contributed by atoms with Crippen LogP contribution in [0.25, 0.3) is 4.85 Å². The van der Waals surface area contributed by atoms with Gasteiger partial charge in [-0.3, -0.25) is 0 Å². The minimum absolute atomic E-state index is 0.111. The number of benzene rings is 1. The smallest absolute Gasteiger partial charge is 0.407 e. The fourth-order valence-corrected chi connectivity index (χ4v) is 2.51. The highest BCUT2D eigenvalue weighted by atomic mass is 19.4. The molecule has 2 aromatic rings. The first-order chi connectivity index (χ1) is 13.0. The monoisotopic (exact) mass is 401 g/mol. The van der Waals surface area contributed by atoms with Crippen LogP contribution in [0.1, 0.15) is 23.5 Å². The molecule has 2 rings (SSSR count). The van der Waals surface area contributed by atoms with E-state index in [0.717, 1.165) is 12.1 Å². The topological polar surface area (TPSA) is 44.5 Å². The molecule has 1 aromatic carbocycles. The van der Waals surface area contributed by atoms with E-state index in [1.54, 1.807) is 0 Å². The Bertz CT molecular complexity index is 902. The summed E-state index contributed by atoms with van der Waals surface area (Å²) in [6.07, 6.45) is -9.12. The molecule has 28 heavy (non-hydrogen) atoms. The van der Waals surface area contributed by atoms with E-state index in [9.17, 15) is 26.3 Å². The van der Waals surface area contributed by atoms with Gasteiger partial charge in [-0.15, -0.1) is 0 Å². The standard InChI is InChI=1S/C18H13F6N3O/c1-26-16-7-4-12(9-15(16)18(22,23)24)27(11-17(19,20)21)10-14-6-5-13(28-14)3-2-8-25/h4-7,9H,2-3,10-11H2. The van der Waals surface area contributed by atoms with E-state index in [0.29, 0.717) is 16.7 Å². The second kappa shape index (κ2) is 8.26. The largest absolute Gasteiger partial charge is 0.464 e. The molecule has 0 fully saturated rings. The van der Waals surface area contributed by atoms with Gasteiger partial charge < -0.3 is 9.32 Å². The summed E-state index contributed by atoms with van der Waals surface area (Å²) >= 11 is 0. The summed E-state index contributed by atoms with van der Waals surface area (Å²) in [5.74, 6) is 0.503. The highest BCUT2D eigenvalue weighted by Gasteiger charge is 2.36. The Hall–Kier alpha value is -3.14. The summed E-state index contributed by atoms with van der Waals surface area (Å²) in [5.41, 5.74) is -2.34. The first-order valence-electron chi connectivity index (χ1n) is 7.88. The van der Waals surface area contributed by atoms with Crippen molar-refractivity contribution in [1.82, 2.24) is 0 Å². The Morgan fingerprint density at radius 3 is 2.32 bits per heavy atom. The molecule has 0 aliphatic carbocycles. The number of furan rings is 1. The summed E-state index contributed by atoms with van der Waals surface area (Å²) in [6, 6.07) is 7.22. The summed E-state index contributed by atoms with van der Waals surface area (Å²) in [5, 5.41) is 8.55. The lowest BCUT2D eigenvalue weighted by molar-refractivity contribution is -0.136. The zero-order chi connectivity index (χ0) is 20.9. The minimum atomic E-state index is -4.88. The molecule has 0 bridgehead atoms. The molecule has 0 aliphatic rings. The molecule has 0 N–H and O–H groups in total. The van der Waals surface area contributed by atoms with Crippen LogP contribution in [0.2, 0.25) is 0 Å². The average molecular weight is 401 g/mol. The molecular weight excluding hydrogens is 388 g/mol. The third-order valence-electron chi connectivity index (χ3n) is 3.69. The van der Waals surface area contributed by atoms with Gasteiger partial charge in [0.1, 0.15) is 18.1 Å². The maximum Gasteiger partial charge on any atom is 0.407 e. The van der Waals surface area contributed by atoms with Gasteiger partial charge in [0.05, 0.1) is 24.7 Å².